The van der Waals surface area contributed by atoms with Gasteiger partial charge in [0.1, 0.15) is 0 Å². The van der Waals surface area contributed by atoms with Gasteiger partial charge in [0.2, 0.25) is 0 Å². The minimum Gasteiger partial charge on any atom is -0.392 e. The van der Waals surface area contributed by atoms with Crippen LogP contribution in [-0.2, 0) is 12.8 Å². The maximum absolute atomic E-state index is 11.1. The molecule has 0 aliphatic heterocycles. The first-order chi connectivity index (χ1) is 7.16. The fourth-order valence-electron chi connectivity index (χ4n) is 1.81. The predicted octanol–water partition coefficient (Wildman–Crippen LogP) is 2.37. The SMILES string of the molecule is CC.CC(=O)c1ccc2c(c1)CC(O)C2. The van der Waals surface area contributed by atoms with Crippen molar-refractivity contribution < 1.29 is 9.90 Å². The van der Waals surface area contributed by atoms with Crippen molar-refractivity contribution in [3.63, 3.8) is 0 Å². The van der Waals surface area contributed by atoms with Crippen molar-refractivity contribution in [2.45, 2.75) is 39.7 Å². The molecule has 1 unspecified atom stereocenters. The van der Waals surface area contributed by atoms with Crippen molar-refractivity contribution in [1.82, 2.24) is 0 Å². The predicted molar refractivity (Wildman–Crippen MR) is 61.2 cm³/mol. The summed E-state index contributed by atoms with van der Waals surface area (Å²) >= 11 is 0. The molecule has 1 N–H and O–H groups in total. The molecular formula is C13H18O2. The second-order valence-electron chi connectivity index (χ2n) is 3.60. The van der Waals surface area contributed by atoms with Gasteiger partial charge in [-0.2, -0.15) is 0 Å². The monoisotopic (exact) mass is 206 g/mol. The molecule has 15 heavy (non-hydrogen) atoms. The van der Waals surface area contributed by atoms with E-state index in [9.17, 15) is 9.90 Å². The first-order valence-corrected chi connectivity index (χ1v) is 5.47. The first kappa shape index (κ1) is 11.9. The van der Waals surface area contributed by atoms with Crippen molar-refractivity contribution in [1.29, 1.82) is 0 Å². The fraction of sp³-hybridized carbons (Fsp3) is 0.462. The third-order valence-electron chi connectivity index (χ3n) is 2.52. The van der Waals surface area contributed by atoms with E-state index in [1.165, 1.54) is 5.56 Å². The summed E-state index contributed by atoms with van der Waals surface area (Å²) < 4.78 is 0. The summed E-state index contributed by atoms with van der Waals surface area (Å²) in [5.41, 5.74) is 3.05. The summed E-state index contributed by atoms with van der Waals surface area (Å²) in [6, 6.07) is 5.68. The van der Waals surface area contributed by atoms with E-state index in [0.29, 0.717) is 6.42 Å². The molecule has 0 saturated heterocycles. The lowest BCUT2D eigenvalue weighted by Gasteiger charge is -2.00. The lowest BCUT2D eigenvalue weighted by atomic mass is 10.0. The molecule has 0 saturated carbocycles. The molecule has 2 nitrogen and oxygen atoms in total. The number of aliphatic hydroxyl groups is 1. The van der Waals surface area contributed by atoms with Crippen LogP contribution in [0.1, 0.15) is 42.3 Å². The zero-order valence-electron chi connectivity index (χ0n) is 9.58. The molecule has 0 amide bonds. The van der Waals surface area contributed by atoms with E-state index >= 15 is 0 Å². The number of Topliss-reactive ketones (excluding diaryl/α,β-unsaturated/α-hetero) is 1. The second-order valence-corrected chi connectivity index (χ2v) is 3.60. The Kier molecular flexibility index (Phi) is 4.04. The number of fused-ring (bicyclic) bond motifs is 1. The standard InChI is InChI=1S/C11H12O2.C2H6/c1-7(12)8-2-3-9-5-11(13)6-10(9)4-8;1-2/h2-4,11,13H,5-6H2,1H3;1-2H3. The number of carbonyl (C=O) groups is 1. The Bertz CT molecular complexity index is 356. The van der Waals surface area contributed by atoms with Crippen LogP contribution in [0.3, 0.4) is 0 Å². The van der Waals surface area contributed by atoms with Crippen molar-refractivity contribution in [3.8, 4) is 0 Å². The van der Waals surface area contributed by atoms with Crippen molar-refractivity contribution in [3.05, 3.63) is 34.9 Å². The molecule has 1 aromatic rings. The normalized spacial score (nSPS) is 17.7. The Hall–Kier alpha value is -1.15. The van der Waals surface area contributed by atoms with E-state index in [4.69, 9.17) is 0 Å². The van der Waals surface area contributed by atoms with Crippen LogP contribution in [0.25, 0.3) is 0 Å². The highest BCUT2D eigenvalue weighted by Crippen LogP contribution is 2.23. The van der Waals surface area contributed by atoms with Crippen LogP contribution < -0.4 is 0 Å². The zero-order chi connectivity index (χ0) is 11.4. The number of hydrogen-bond acceptors (Lipinski definition) is 2. The maximum Gasteiger partial charge on any atom is 0.159 e. The molecule has 0 fully saturated rings. The van der Waals surface area contributed by atoms with Gasteiger partial charge in [-0.05, 0) is 37.0 Å². The van der Waals surface area contributed by atoms with Crippen molar-refractivity contribution >= 4 is 5.78 Å². The Labute approximate surface area is 90.9 Å². The second kappa shape index (κ2) is 5.08. The van der Waals surface area contributed by atoms with Crippen molar-refractivity contribution in [2.24, 2.45) is 0 Å². The third kappa shape index (κ3) is 2.66. The Morgan fingerprint density at radius 2 is 1.87 bits per heavy atom. The molecular weight excluding hydrogens is 188 g/mol. The Morgan fingerprint density at radius 1 is 1.27 bits per heavy atom. The summed E-state index contributed by atoms with van der Waals surface area (Å²) in [5, 5.41) is 9.40. The number of carbonyl (C=O) groups excluding carboxylic acids is 1. The molecule has 2 heteroatoms. The molecule has 0 spiro atoms. The molecule has 1 aliphatic rings. The molecule has 0 aromatic heterocycles. The van der Waals surface area contributed by atoms with Crippen molar-refractivity contribution in [2.75, 3.05) is 0 Å². The van der Waals surface area contributed by atoms with Crippen LogP contribution in [0.15, 0.2) is 18.2 Å². The van der Waals surface area contributed by atoms with Gasteiger partial charge in [-0.15, -0.1) is 0 Å². The highest BCUT2D eigenvalue weighted by Gasteiger charge is 2.19. The van der Waals surface area contributed by atoms with Crippen LogP contribution in [0, 0.1) is 0 Å². The van der Waals surface area contributed by atoms with E-state index in [2.05, 4.69) is 0 Å². The maximum atomic E-state index is 11.1. The molecule has 0 heterocycles. The van der Waals surface area contributed by atoms with E-state index in [1.807, 2.05) is 32.0 Å². The molecule has 1 atom stereocenters. The van der Waals surface area contributed by atoms with Gasteiger partial charge in [0, 0.05) is 5.56 Å². The summed E-state index contributed by atoms with van der Waals surface area (Å²) in [6.45, 7) is 5.56. The van der Waals surface area contributed by atoms with Gasteiger partial charge in [-0.1, -0.05) is 26.0 Å². The molecule has 2 rings (SSSR count). The zero-order valence-corrected chi connectivity index (χ0v) is 9.58. The summed E-state index contributed by atoms with van der Waals surface area (Å²) in [4.78, 5) is 11.1. The minimum atomic E-state index is -0.253. The molecule has 0 radical (unpaired) electrons. The lowest BCUT2D eigenvalue weighted by Crippen LogP contribution is -2.03. The first-order valence-electron chi connectivity index (χ1n) is 5.47. The smallest absolute Gasteiger partial charge is 0.159 e. The number of hydrogen-bond donors (Lipinski definition) is 1. The van der Waals surface area contributed by atoms with Crippen LogP contribution in [0.4, 0.5) is 0 Å². The average Bonchev–Trinajstić information content (AvgIpc) is 2.59. The highest BCUT2D eigenvalue weighted by atomic mass is 16.3. The van der Waals surface area contributed by atoms with E-state index < -0.39 is 0 Å². The summed E-state index contributed by atoms with van der Waals surface area (Å²) in [7, 11) is 0. The quantitative estimate of drug-likeness (QED) is 0.716. The van der Waals surface area contributed by atoms with Crippen LogP contribution in [0.2, 0.25) is 0 Å². The number of aliphatic hydroxyl groups excluding tert-OH is 1. The lowest BCUT2D eigenvalue weighted by molar-refractivity contribution is 0.101. The summed E-state index contributed by atoms with van der Waals surface area (Å²) in [5.74, 6) is 0.0872. The Balaban J connectivity index is 0.000000531. The van der Waals surface area contributed by atoms with Gasteiger partial charge in [0.15, 0.2) is 5.78 Å². The molecule has 1 aliphatic carbocycles. The molecule has 82 valence electrons. The van der Waals surface area contributed by atoms with Crippen LogP contribution >= 0.6 is 0 Å². The number of ketones is 1. The summed E-state index contributed by atoms with van der Waals surface area (Å²) in [6.07, 6.45) is 1.17. The van der Waals surface area contributed by atoms with Crippen LogP contribution in [-0.4, -0.2) is 17.0 Å². The molecule has 1 aromatic carbocycles. The topological polar surface area (TPSA) is 37.3 Å². The van der Waals surface area contributed by atoms with E-state index in [-0.39, 0.29) is 11.9 Å². The largest absolute Gasteiger partial charge is 0.392 e. The average molecular weight is 206 g/mol. The van der Waals surface area contributed by atoms with Gasteiger partial charge in [-0.25, -0.2) is 0 Å². The highest BCUT2D eigenvalue weighted by molar-refractivity contribution is 5.94. The van der Waals surface area contributed by atoms with Gasteiger partial charge in [-0.3, -0.25) is 4.79 Å². The third-order valence-corrected chi connectivity index (χ3v) is 2.52. The molecule has 0 bridgehead atoms. The fourth-order valence-corrected chi connectivity index (χ4v) is 1.81. The van der Waals surface area contributed by atoms with E-state index in [0.717, 1.165) is 17.5 Å². The van der Waals surface area contributed by atoms with Gasteiger partial charge in [0.25, 0.3) is 0 Å². The van der Waals surface area contributed by atoms with Gasteiger partial charge < -0.3 is 5.11 Å². The van der Waals surface area contributed by atoms with Crippen LogP contribution in [0.5, 0.6) is 0 Å². The Morgan fingerprint density at radius 3 is 2.47 bits per heavy atom. The van der Waals surface area contributed by atoms with E-state index in [1.54, 1.807) is 6.92 Å². The minimum absolute atomic E-state index is 0.0872. The van der Waals surface area contributed by atoms with Gasteiger partial charge in [0.05, 0.1) is 6.10 Å². The number of benzene rings is 1. The number of rotatable bonds is 1. The van der Waals surface area contributed by atoms with Gasteiger partial charge >= 0.3 is 0 Å².